The molecule has 1 unspecified atom stereocenters. The van der Waals surface area contributed by atoms with Crippen molar-refractivity contribution in [2.24, 2.45) is 0 Å². The van der Waals surface area contributed by atoms with Gasteiger partial charge in [-0.3, -0.25) is 4.79 Å². The summed E-state index contributed by atoms with van der Waals surface area (Å²) in [6, 6.07) is 27.2. The molecule has 0 aliphatic heterocycles. The number of aromatic nitrogens is 5. The second-order valence-electron chi connectivity index (χ2n) is 8.14. The molecule has 0 aliphatic carbocycles. The number of nitrogens with zero attached hydrogens (tertiary/aromatic N) is 4. The molecular formula is C27H23N5O2. The number of Topliss-reactive ketones (excluding diaryl/α,β-unsaturated/α-hetero) is 1. The number of para-hydroxylation sites is 1. The highest BCUT2D eigenvalue weighted by molar-refractivity contribution is 6.01. The van der Waals surface area contributed by atoms with Crippen LogP contribution in [0.25, 0.3) is 10.9 Å². The molecule has 0 bridgehead atoms. The lowest BCUT2D eigenvalue weighted by atomic mass is 9.91. The van der Waals surface area contributed by atoms with Gasteiger partial charge in [-0.25, -0.2) is 4.98 Å². The summed E-state index contributed by atoms with van der Waals surface area (Å²) in [7, 11) is 0. The van der Waals surface area contributed by atoms with Gasteiger partial charge in [-0.2, -0.15) is 5.21 Å². The van der Waals surface area contributed by atoms with Crippen molar-refractivity contribution in [2.75, 3.05) is 0 Å². The van der Waals surface area contributed by atoms with Crippen LogP contribution in [0.2, 0.25) is 0 Å². The Labute approximate surface area is 196 Å². The maximum Gasteiger partial charge on any atom is 0.178 e. The smallest absolute Gasteiger partial charge is 0.178 e. The van der Waals surface area contributed by atoms with E-state index in [1.54, 1.807) is 6.07 Å². The van der Waals surface area contributed by atoms with Gasteiger partial charge >= 0.3 is 0 Å². The number of ether oxygens (including phenoxy) is 1. The van der Waals surface area contributed by atoms with Gasteiger partial charge in [0.1, 0.15) is 12.4 Å². The number of tetrazole rings is 1. The number of nitrogens with one attached hydrogen (secondary N) is 1. The number of ketones is 1. The number of hydrogen-bond acceptors (Lipinski definition) is 6. The van der Waals surface area contributed by atoms with Crippen LogP contribution < -0.4 is 4.74 Å². The van der Waals surface area contributed by atoms with Gasteiger partial charge < -0.3 is 4.74 Å². The third-order valence-electron chi connectivity index (χ3n) is 5.79. The predicted molar refractivity (Wildman–Crippen MR) is 129 cm³/mol. The predicted octanol–water partition coefficient (Wildman–Crippen LogP) is 4.90. The molecule has 2 aromatic heterocycles. The normalized spacial score (nSPS) is 11.9. The Morgan fingerprint density at radius 2 is 1.82 bits per heavy atom. The van der Waals surface area contributed by atoms with Crippen molar-refractivity contribution in [1.29, 1.82) is 0 Å². The second-order valence-corrected chi connectivity index (χ2v) is 8.14. The summed E-state index contributed by atoms with van der Waals surface area (Å²) in [6.07, 6.45) is 0.588. The third-order valence-corrected chi connectivity index (χ3v) is 5.79. The van der Waals surface area contributed by atoms with E-state index in [1.807, 2.05) is 85.8 Å². The maximum atomic E-state index is 13.2. The Morgan fingerprint density at radius 3 is 2.65 bits per heavy atom. The quantitative estimate of drug-likeness (QED) is 0.339. The fraction of sp³-hybridized carbons (Fsp3) is 0.148. The number of fused-ring (bicyclic) bond motifs is 1. The summed E-state index contributed by atoms with van der Waals surface area (Å²) in [5, 5.41) is 15.1. The number of H-pyrrole nitrogens is 1. The minimum absolute atomic E-state index is 0.0419. The summed E-state index contributed by atoms with van der Waals surface area (Å²) < 4.78 is 5.95. The average molecular weight is 450 g/mol. The molecule has 0 fully saturated rings. The topological polar surface area (TPSA) is 93.6 Å². The second kappa shape index (κ2) is 9.62. The molecular weight excluding hydrogens is 426 g/mol. The number of rotatable bonds is 8. The molecule has 168 valence electrons. The Kier molecular flexibility index (Phi) is 6.07. The van der Waals surface area contributed by atoms with Crippen LogP contribution >= 0.6 is 0 Å². The van der Waals surface area contributed by atoms with E-state index in [-0.39, 0.29) is 11.7 Å². The van der Waals surface area contributed by atoms with Gasteiger partial charge in [-0.1, -0.05) is 72.8 Å². The van der Waals surface area contributed by atoms with Crippen LogP contribution in [0.15, 0.2) is 84.9 Å². The van der Waals surface area contributed by atoms with E-state index in [2.05, 4.69) is 25.6 Å². The standard InChI is InChI=1S/C27H23N5O2/c1-18(20-11-9-19(10-12-20)15-26-29-31-32-30-26)27(33)22-6-4-7-24(16-22)34-17-23-14-13-21-5-2-3-8-25(21)28-23/h2-14,16,18H,15,17H2,1H3,(H,29,30,31,32). The highest BCUT2D eigenvalue weighted by Crippen LogP contribution is 2.24. The molecule has 0 aliphatic rings. The molecule has 7 heteroatoms. The van der Waals surface area contributed by atoms with Crippen LogP contribution in [-0.2, 0) is 13.0 Å². The van der Waals surface area contributed by atoms with E-state index < -0.39 is 0 Å². The molecule has 7 nitrogen and oxygen atoms in total. The van der Waals surface area contributed by atoms with E-state index >= 15 is 0 Å². The van der Waals surface area contributed by atoms with Crippen molar-refractivity contribution >= 4 is 16.7 Å². The highest BCUT2D eigenvalue weighted by Gasteiger charge is 2.18. The van der Waals surface area contributed by atoms with Crippen molar-refractivity contribution in [3.63, 3.8) is 0 Å². The van der Waals surface area contributed by atoms with Crippen molar-refractivity contribution in [3.8, 4) is 5.75 Å². The Hall–Kier alpha value is -4.39. The van der Waals surface area contributed by atoms with Gasteiger partial charge in [-0.15, -0.1) is 10.2 Å². The monoisotopic (exact) mass is 449 g/mol. The number of carbonyl (C=O) groups excluding carboxylic acids is 1. The molecule has 0 amide bonds. The zero-order valence-electron chi connectivity index (χ0n) is 18.7. The van der Waals surface area contributed by atoms with Gasteiger partial charge in [0.15, 0.2) is 11.6 Å². The number of pyridine rings is 1. The van der Waals surface area contributed by atoms with Crippen LogP contribution in [0.1, 0.15) is 45.8 Å². The number of hydrogen-bond donors (Lipinski definition) is 1. The molecule has 0 saturated carbocycles. The molecule has 3 aromatic carbocycles. The van der Waals surface area contributed by atoms with Gasteiger partial charge in [0.2, 0.25) is 0 Å². The SMILES string of the molecule is CC(C(=O)c1cccc(OCc2ccc3ccccc3n2)c1)c1ccc(Cc2nn[nH]n2)cc1. The van der Waals surface area contributed by atoms with Crippen molar-refractivity contribution < 1.29 is 9.53 Å². The van der Waals surface area contributed by atoms with Crippen molar-refractivity contribution in [2.45, 2.75) is 25.9 Å². The lowest BCUT2D eigenvalue weighted by molar-refractivity contribution is 0.0965. The van der Waals surface area contributed by atoms with Gasteiger partial charge in [0.05, 0.1) is 11.2 Å². The largest absolute Gasteiger partial charge is 0.487 e. The number of benzene rings is 3. The molecule has 0 radical (unpaired) electrons. The molecule has 5 aromatic rings. The van der Waals surface area contributed by atoms with Gasteiger partial charge in [0.25, 0.3) is 0 Å². The van der Waals surface area contributed by atoms with Crippen molar-refractivity contribution in [3.05, 3.63) is 113 Å². The van der Waals surface area contributed by atoms with Crippen molar-refractivity contribution in [1.82, 2.24) is 25.6 Å². The van der Waals surface area contributed by atoms with E-state index in [0.29, 0.717) is 30.2 Å². The Bertz CT molecular complexity index is 1410. The Balaban J connectivity index is 1.25. The number of aromatic amines is 1. The summed E-state index contributed by atoms with van der Waals surface area (Å²) >= 11 is 0. The fourth-order valence-corrected chi connectivity index (χ4v) is 3.85. The fourth-order valence-electron chi connectivity index (χ4n) is 3.85. The van der Waals surface area contributed by atoms with Gasteiger partial charge in [-0.05, 0) is 35.4 Å². The summed E-state index contributed by atoms with van der Waals surface area (Å²) in [6.45, 7) is 2.25. The zero-order chi connectivity index (χ0) is 23.3. The highest BCUT2D eigenvalue weighted by atomic mass is 16.5. The summed E-state index contributed by atoms with van der Waals surface area (Å²) in [4.78, 5) is 17.8. The molecule has 2 heterocycles. The van der Waals surface area contributed by atoms with Crippen LogP contribution in [0, 0.1) is 0 Å². The lowest BCUT2D eigenvalue weighted by Crippen LogP contribution is -2.10. The van der Waals surface area contributed by atoms with E-state index in [1.165, 1.54) is 0 Å². The van der Waals surface area contributed by atoms with Crippen LogP contribution in [0.5, 0.6) is 5.75 Å². The molecule has 0 spiro atoms. The third kappa shape index (κ3) is 4.83. The van der Waals surface area contributed by atoms with Crippen LogP contribution in [0.3, 0.4) is 0 Å². The first kappa shape index (κ1) is 21.5. The Morgan fingerprint density at radius 1 is 0.971 bits per heavy atom. The van der Waals surface area contributed by atoms with Crippen LogP contribution in [-0.4, -0.2) is 31.4 Å². The number of carbonyl (C=O) groups is 1. The van der Waals surface area contributed by atoms with Gasteiger partial charge in [0, 0.05) is 23.3 Å². The molecule has 0 saturated heterocycles. The maximum absolute atomic E-state index is 13.2. The van der Waals surface area contributed by atoms with E-state index in [9.17, 15) is 4.79 Å². The first-order chi connectivity index (χ1) is 16.7. The van der Waals surface area contributed by atoms with E-state index in [0.717, 1.165) is 27.7 Å². The summed E-state index contributed by atoms with van der Waals surface area (Å²) in [5.41, 5.74) is 4.40. The minimum atomic E-state index is -0.281. The zero-order valence-corrected chi connectivity index (χ0v) is 18.7. The first-order valence-electron chi connectivity index (χ1n) is 11.1. The summed E-state index contributed by atoms with van der Waals surface area (Å²) in [5.74, 6) is 1.04. The molecule has 1 N–H and O–H groups in total. The minimum Gasteiger partial charge on any atom is -0.487 e. The molecule has 5 rings (SSSR count). The molecule has 1 atom stereocenters. The average Bonchev–Trinajstić information content (AvgIpc) is 3.40. The first-order valence-corrected chi connectivity index (χ1v) is 11.1. The van der Waals surface area contributed by atoms with E-state index in [4.69, 9.17) is 4.74 Å². The molecule has 34 heavy (non-hydrogen) atoms. The van der Waals surface area contributed by atoms with Crippen LogP contribution in [0.4, 0.5) is 0 Å². The lowest BCUT2D eigenvalue weighted by Gasteiger charge is -2.13.